The number of nitrogens with zero attached hydrogens (tertiary/aromatic N) is 4. The van der Waals surface area contributed by atoms with E-state index in [0.29, 0.717) is 5.69 Å². The van der Waals surface area contributed by atoms with Gasteiger partial charge in [0.15, 0.2) is 17.5 Å². The van der Waals surface area contributed by atoms with Crippen molar-refractivity contribution in [3.63, 3.8) is 0 Å². The summed E-state index contributed by atoms with van der Waals surface area (Å²) in [5.41, 5.74) is 2.36. The molecular weight excluding hydrogens is 286 g/mol. The quantitative estimate of drug-likeness (QED) is 0.634. The van der Waals surface area contributed by atoms with Crippen LogP contribution in [0.4, 0.5) is 14.6 Å². The SMILES string of the molecule is COc1ncc(F)c(C)n1.COc1ncc(F)c(NN)n1. The number of hydrogen-bond acceptors (Lipinski definition) is 8. The van der Waals surface area contributed by atoms with E-state index >= 15 is 0 Å². The first-order valence-electron chi connectivity index (χ1n) is 5.58. The van der Waals surface area contributed by atoms with Crippen molar-refractivity contribution >= 4 is 5.82 Å². The third-order valence-electron chi connectivity index (χ3n) is 2.12. The summed E-state index contributed by atoms with van der Waals surface area (Å²) in [5.74, 6) is 3.82. The average molecular weight is 300 g/mol. The molecule has 0 bridgehead atoms. The van der Waals surface area contributed by atoms with E-state index in [1.807, 2.05) is 0 Å². The van der Waals surface area contributed by atoms with Gasteiger partial charge in [0.05, 0.1) is 32.3 Å². The van der Waals surface area contributed by atoms with Crippen LogP contribution in [0.1, 0.15) is 5.69 Å². The topological polar surface area (TPSA) is 108 Å². The predicted octanol–water partition coefficient (Wildman–Crippen LogP) is 0.843. The zero-order chi connectivity index (χ0) is 15.8. The summed E-state index contributed by atoms with van der Waals surface area (Å²) in [5, 5.41) is 0. The van der Waals surface area contributed by atoms with Gasteiger partial charge in [-0.3, -0.25) is 0 Å². The second-order valence-electron chi connectivity index (χ2n) is 3.49. The van der Waals surface area contributed by atoms with E-state index in [-0.39, 0.29) is 17.8 Å². The van der Waals surface area contributed by atoms with Crippen LogP contribution in [0.25, 0.3) is 0 Å². The standard InChI is InChI=1S/C6H7FN2O.C5H7FN4O/c1-4-5(7)3-8-6(9-4)10-2;1-11-5-8-2-3(6)4(9-5)10-7/h3H,1-2H3;2H,7H2,1H3,(H,8,9,10). The summed E-state index contributed by atoms with van der Waals surface area (Å²) < 4.78 is 34.3. The molecule has 0 spiro atoms. The molecule has 2 rings (SSSR count). The molecule has 10 heteroatoms. The first-order chi connectivity index (χ1) is 10.0. The number of methoxy groups -OCH3 is 2. The van der Waals surface area contributed by atoms with Gasteiger partial charge >= 0.3 is 12.0 Å². The molecule has 2 aromatic rings. The Morgan fingerprint density at radius 1 is 1.00 bits per heavy atom. The number of aryl methyl sites for hydroxylation is 1. The molecule has 0 aromatic carbocycles. The van der Waals surface area contributed by atoms with Crippen LogP contribution in [-0.2, 0) is 0 Å². The summed E-state index contributed by atoms with van der Waals surface area (Å²) >= 11 is 0. The van der Waals surface area contributed by atoms with Crippen molar-refractivity contribution in [3.8, 4) is 12.0 Å². The van der Waals surface area contributed by atoms with Gasteiger partial charge in [-0.1, -0.05) is 0 Å². The van der Waals surface area contributed by atoms with Crippen LogP contribution < -0.4 is 20.7 Å². The van der Waals surface area contributed by atoms with Crippen LogP contribution in [0.5, 0.6) is 12.0 Å². The van der Waals surface area contributed by atoms with E-state index in [0.717, 1.165) is 12.4 Å². The molecular formula is C11H14F2N6O2. The minimum atomic E-state index is -0.617. The number of hydrazine groups is 1. The van der Waals surface area contributed by atoms with Crippen LogP contribution >= 0.6 is 0 Å². The van der Waals surface area contributed by atoms with E-state index in [9.17, 15) is 8.78 Å². The second kappa shape index (κ2) is 7.85. The van der Waals surface area contributed by atoms with Crippen molar-refractivity contribution in [3.05, 3.63) is 29.7 Å². The molecule has 3 N–H and O–H groups in total. The summed E-state index contributed by atoms with van der Waals surface area (Å²) in [4.78, 5) is 14.3. The highest BCUT2D eigenvalue weighted by molar-refractivity contribution is 5.33. The predicted molar refractivity (Wildman–Crippen MR) is 69.6 cm³/mol. The number of halogens is 2. The third-order valence-corrected chi connectivity index (χ3v) is 2.12. The van der Waals surface area contributed by atoms with Gasteiger partial charge < -0.3 is 14.9 Å². The summed E-state index contributed by atoms with van der Waals surface area (Å²) in [6.07, 6.45) is 2.06. The first kappa shape index (κ1) is 16.4. The third kappa shape index (κ3) is 4.76. The van der Waals surface area contributed by atoms with Crippen molar-refractivity contribution in [2.75, 3.05) is 19.6 Å². The molecule has 114 valence electrons. The lowest BCUT2D eigenvalue weighted by atomic mass is 10.4. The van der Waals surface area contributed by atoms with Crippen molar-refractivity contribution < 1.29 is 18.3 Å². The molecule has 0 aliphatic rings. The fourth-order valence-electron chi connectivity index (χ4n) is 1.08. The molecule has 0 aliphatic carbocycles. The van der Waals surface area contributed by atoms with Crippen LogP contribution in [0.3, 0.4) is 0 Å². The van der Waals surface area contributed by atoms with Crippen LogP contribution in [-0.4, -0.2) is 34.2 Å². The first-order valence-corrected chi connectivity index (χ1v) is 5.58. The summed E-state index contributed by atoms with van der Waals surface area (Å²) in [7, 11) is 2.82. The van der Waals surface area contributed by atoms with E-state index < -0.39 is 11.6 Å². The Kier molecular flexibility index (Phi) is 6.14. The fraction of sp³-hybridized carbons (Fsp3) is 0.273. The lowest BCUT2D eigenvalue weighted by Crippen LogP contribution is -2.11. The molecule has 0 amide bonds. The van der Waals surface area contributed by atoms with Gasteiger partial charge in [-0.25, -0.2) is 24.6 Å². The Hall–Kier alpha value is -2.62. The molecule has 0 radical (unpaired) electrons. The molecule has 21 heavy (non-hydrogen) atoms. The summed E-state index contributed by atoms with van der Waals surface area (Å²) in [6, 6.07) is 0.262. The van der Waals surface area contributed by atoms with Crippen LogP contribution in [0.2, 0.25) is 0 Å². The zero-order valence-electron chi connectivity index (χ0n) is 11.6. The molecule has 0 unspecified atom stereocenters. The number of nitrogens with two attached hydrogens (primary N) is 1. The Bertz CT molecular complexity index is 599. The normalized spacial score (nSPS) is 9.43. The molecule has 0 saturated heterocycles. The molecule has 2 heterocycles. The molecule has 8 nitrogen and oxygen atoms in total. The number of rotatable bonds is 3. The molecule has 0 saturated carbocycles. The molecule has 0 aliphatic heterocycles. The highest BCUT2D eigenvalue weighted by atomic mass is 19.1. The van der Waals surface area contributed by atoms with E-state index in [2.05, 4.69) is 34.8 Å². The van der Waals surface area contributed by atoms with Crippen LogP contribution in [0.15, 0.2) is 12.4 Å². The maximum Gasteiger partial charge on any atom is 0.318 e. The van der Waals surface area contributed by atoms with Gasteiger partial charge in [0.1, 0.15) is 0 Å². The van der Waals surface area contributed by atoms with E-state index in [1.54, 1.807) is 6.92 Å². The Morgan fingerprint density at radius 2 is 1.52 bits per heavy atom. The van der Waals surface area contributed by atoms with Crippen LogP contribution in [0, 0.1) is 18.6 Å². The van der Waals surface area contributed by atoms with Crippen molar-refractivity contribution in [2.24, 2.45) is 5.84 Å². The van der Waals surface area contributed by atoms with E-state index in [1.165, 1.54) is 14.2 Å². The zero-order valence-corrected chi connectivity index (χ0v) is 11.6. The second-order valence-corrected chi connectivity index (χ2v) is 3.49. The van der Waals surface area contributed by atoms with Gasteiger partial charge in [-0.15, -0.1) is 0 Å². The number of nitrogens with one attached hydrogen (secondary N) is 1. The Morgan fingerprint density at radius 3 is 2.00 bits per heavy atom. The number of aromatic nitrogens is 4. The number of hydrogen-bond donors (Lipinski definition) is 2. The molecule has 0 fully saturated rings. The maximum atomic E-state index is 12.6. The highest BCUT2D eigenvalue weighted by Gasteiger charge is 2.04. The van der Waals surface area contributed by atoms with Gasteiger partial charge in [-0.2, -0.15) is 9.97 Å². The van der Waals surface area contributed by atoms with Gasteiger partial charge in [0.25, 0.3) is 0 Å². The maximum absolute atomic E-state index is 12.6. The molecule has 0 atom stereocenters. The fourth-order valence-corrected chi connectivity index (χ4v) is 1.08. The summed E-state index contributed by atoms with van der Waals surface area (Å²) in [6.45, 7) is 1.56. The van der Waals surface area contributed by atoms with Crippen molar-refractivity contribution in [1.29, 1.82) is 0 Å². The Balaban J connectivity index is 0.000000211. The average Bonchev–Trinajstić information content (AvgIpc) is 2.51. The Labute approximate surface area is 119 Å². The molecule has 2 aromatic heterocycles. The number of nitrogen functional groups attached to an aromatic ring is 1. The van der Waals surface area contributed by atoms with Crippen molar-refractivity contribution in [2.45, 2.75) is 6.92 Å². The van der Waals surface area contributed by atoms with Gasteiger partial charge in [0.2, 0.25) is 0 Å². The lowest BCUT2D eigenvalue weighted by Gasteiger charge is -2.01. The lowest BCUT2D eigenvalue weighted by molar-refractivity contribution is 0.375. The van der Waals surface area contributed by atoms with E-state index in [4.69, 9.17) is 5.84 Å². The number of ether oxygens (including phenoxy) is 2. The monoisotopic (exact) mass is 300 g/mol. The minimum Gasteiger partial charge on any atom is -0.467 e. The van der Waals surface area contributed by atoms with Crippen molar-refractivity contribution in [1.82, 2.24) is 19.9 Å². The van der Waals surface area contributed by atoms with Gasteiger partial charge in [0, 0.05) is 0 Å². The number of anilines is 1. The highest BCUT2D eigenvalue weighted by Crippen LogP contribution is 2.10. The largest absolute Gasteiger partial charge is 0.467 e. The van der Waals surface area contributed by atoms with Gasteiger partial charge in [-0.05, 0) is 6.92 Å². The smallest absolute Gasteiger partial charge is 0.318 e. The minimum absolute atomic E-state index is 0.0688.